The second-order valence-electron chi connectivity index (χ2n) is 11.0. The molecule has 0 aliphatic carbocycles. The first-order chi connectivity index (χ1) is 18.5. The SMILES string of the molecule is CC1(C)Nc2ccccc2C(=O)N1CCN1CCC(Cc2nc3cccnc3n2Cc2ccccn2)CC1. The Morgan fingerprint density at radius 2 is 1.74 bits per heavy atom. The Bertz CT molecular complexity index is 1420. The van der Waals surface area contributed by atoms with E-state index in [1.165, 1.54) is 0 Å². The molecule has 4 aromatic rings. The van der Waals surface area contributed by atoms with Crippen molar-refractivity contribution in [3.63, 3.8) is 0 Å². The topological polar surface area (TPSA) is 79.2 Å². The molecule has 0 saturated carbocycles. The molecule has 5 heterocycles. The van der Waals surface area contributed by atoms with Gasteiger partial charge in [-0.05, 0) is 82.1 Å². The van der Waals surface area contributed by atoms with Gasteiger partial charge >= 0.3 is 0 Å². The second kappa shape index (κ2) is 10.2. The van der Waals surface area contributed by atoms with E-state index in [1.807, 2.05) is 65.8 Å². The number of nitrogens with zero attached hydrogens (tertiary/aromatic N) is 6. The van der Waals surface area contributed by atoms with Crippen LogP contribution in [-0.2, 0) is 13.0 Å². The zero-order valence-corrected chi connectivity index (χ0v) is 22.2. The van der Waals surface area contributed by atoms with Crippen LogP contribution in [0.4, 0.5) is 5.69 Å². The van der Waals surface area contributed by atoms with E-state index >= 15 is 0 Å². The molecule has 1 fully saturated rings. The van der Waals surface area contributed by atoms with E-state index in [2.05, 4.69) is 44.7 Å². The maximum atomic E-state index is 13.2. The van der Waals surface area contributed by atoms with Crippen molar-refractivity contribution >= 4 is 22.8 Å². The Kier molecular flexibility index (Phi) is 6.57. The highest BCUT2D eigenvalue weighted by Crippen LogP contribution is 2.31. The number of benzene rings is 1. The van der Waals surface area contributed by atoms with Crippen molar-refractivity contribution in [1.82, 2.24) is 29.3 Å². The summed E-state index contributed by atoms with van der Waals surface area (Å²) in [4.78, 5) is 31.9. The molecule has 38 heavy (non-hydrogen) atoms. The van der Waals surface area contributed by atoms with Crippen LogP contribution in [0.5, 0.6) is 0 Å². The monoisotopic (exact) mass is 509 g/mol. The quantitative estimate of drug-likeness (QED) is 0.397. The van der Waals surface area contributed by atoms with E-state index in [1.54, 1.807) is 0 Å². The van der Waals surface area contributed by atoms with Gasteiger partial charge in [-0.1, -0.05) is 18.2 Å². The highest BCUT2D eigenvalue weighted by Gasteiger charge is 2.37. The summed E-state index contributed by atoms with van der Waals surface area (Å²) in [5.41, 5.74) is 4.15. The molecule has 1 saturated heterocycles. The van der Waals surface area contributed by atoms with Crippen LogP contribution in [0.15, 0.2) is 67.0 Å². The largest absolute Gasteiger partial charge is 0.362 e. The summed E-state index contributed by atoms with van der Waals surface area (Å²) in [5.74, 6) is 1.78. The van der Waals surface area contributed by atoms with Crippen LogP contribution in [-0.4, -0.2) is 67.1 Å². The summed E-state index contributed by atoms with van der Waals surface area (Å²) in [5, 5.41) is 3.54. The van der Waals surface area contributed by atoms with Gasteiger partial charge in [0.25, 0.3) is 5.91 Å². The Hall–Kier alpha value is -3.78. The summed E-state index contributed by atoms with van der Waals surface area (Å²) in [6, 6.07) is 17.8. The minimum Gasteiger partial charge on any atom is -0.362 e. The van der Waals surface area contributed by atoms with Crippen molar-refractivity contribution in [1.29, 1.82) is 0 Å². The van der Waals surface area contributed by atoms with E-state index in [-0.39, 0.29) is 5.91 Å². The lowest BCUT2D eigenvalue weighted by atomic mass is 9.93. The van der Waals surface area contributed by atoms with Crippen molar-refractivity contribution in [2.24, 2.45) is 5.92 Å². The number of amides is 1. The molecule has 6 rings (SSSR count). The molecule has 1 aromatic carbocycles. The van der Waals surface area contributed by atoms with Crippen LogP contribution < -0.4 is 5.32 Å². The first-order valence-electron chi connectivity index (χ1n) is 13.6. The maximum Gasteiger partial charge on any atom is 0.257 e. The third kappa shape index (κ3) is 4.88. The number of hydrogen-bond donors (Lipinski definition) is 1. The minimum atomic E-state index is -0.412. The summed E-state index contributed by atoms with van der Waals surface area (Å²) in [6.45, 7) is 8.51. The fraction of sp³-hybridized carbons (Fsp3) is 0.400. The molecule has 0 radical (unpaired) electrons. The number of anilines is 1. The Labute approximate surface area is 223 Å². The number of hydrogen-bond acceptors (Lipinski definition) is 6. The van der Waals surface area contributed by atoms with Crippen molar-refractivity contribution in [3.8, 4) is 0 Å². The molecule has 0 atom stereocenters. The van der Waals surface area contributed by atoms with Crippen LogP contribution in [0.3, 0.4) is 0 Å². The number of carbonyl (C=O) groups excluding carboxylic acids is 1. The minimum absolute atomic E-state index is 0.111. The van der Waals surface area contributed by atoms with E-state index in [0.717, 1.165) is 72.8 Å². The van der Waals surface area contributed by atoms with E-state index in [0.29, 0.717) is 19.0 Å². The molecule has 3 aromatic heterocycles. The first-order valence-corrected chi connectivity index (χ1v) is 13.6. The normalized spacial score (nSPS) is 17.9. The average Bonchev–Trinajstić information content (AvgIpc) is 3.26. The van der Waals surface area contributed by atoms with Crippen molar-refractivity contribution < 1.29 is 4.79 Å². The lowest BCUT2D eigenvalue weighted by Gasteiger charge is -2.45. The van der Waals surface area contributed by atoms with Crippen LogP contribution in [0, 0.1) is 5.92 Å². The second-order valence-corrected chi connectivity index (χ2v) is 11.0. The van der Waals surface area contributed by atoms with E-state index in [4.69, 9.17) is 4.98 Å². The number of rotatable bonds is 7. The smallest absolute Gasteiger partial charge is 0.257 e. The maximum absolute atomic E-state index is 13.2. The lowest BCUT2D eigenvalue weighted by Crippen LogP contribution is -2.58. The number of imidazole rings is 1. The third-order valence-electron chi connectivity index (χ3n) is 7.97. The molecule has 1 N–H and O–H groups in total. The van der Waals surface area contributed by atoms with Gasteiger partial charge in [0.1, 0.15) is 17.0 Å². The molecule has 0 unspecified atom stereocenters. The summed E-state index contributed by atoms with van der Waals surface area (Å²) >= 11 is 0. The first kappa shape index (κ1) is 24.6. The number of para-hydroxylation sites is 1. The van der Waals surface area contributed by atoms with E-state index < -0.39 is 5.66 Å². The highest BCUT2D eigenvalue weighted by atomic mass is 16.2. The van der Waals surface area contributed by atoms with Gasteiger partial charge in [-0.3, -0.25) is 9.78 Å². The number of carbonyl (C=O) groups is 1. The van der Waals surface area contributed by atoms with Gasteiger partial charge in [0.2, 0.25) is 0 Å². The molecule has 0 bridgehead atoms. The van der Waals surface area contributed by atoms with Crippen molar-refractivity contribution in [3.05, 3.63) is 84.1 Å². The van der Waals surface area contributed by atoms with Crippen LogP contribution >= 0.6 is 0 Å². The number of pyridine rings is 2. The van der Waals surface area contributed by atoms with Gasteiger partial charge in [0.15, 0.2) is 5.65 Å². The Morgan fingerprint density at radius 1 is 0.947 bits per heavy atom. The van der Waals surface area contributed by atoms with Crippen LogP contribution in [0.1, 0.15) is 48.6 Å². The Balaban J connectivity index is 1.08. The van der Waals surface area contributed by atoms with Gasteiger partial charge in [-0.25, -0.2) is 9.97 Å². The zero-order chi connectivity index (χ0) is 26.1. The lowest BCUT2D eigenvalue weighted by molar-refractivity contribution is 0.0524. The van der Waals surface area contributed by atoms with Gasteiger partial charge in [-0.2, -0.15) is 0 Å². The molecule has 2 aliphatic rings. The van der Waals surface area contributed by atoms with Gasteiger partial charge in [0.05, 0.1) is 17.8 Å². The van der Waals surface area contributed by atoms with Crippen molar-refractivity contribution in [2.75, 3.05) is 31.5 Å². The summed E-state index contributed by atoms with van der Waals surface area (Å²) in [7, 11) is 0. The summed E-state index contributed by atoms with van der Waals surface area (Å²) in [6.07, 6.45) is 6.86. The highest BCUT2D eigenvalue weighted by molar-refractivity contribution is 6.02. The third-order valence-corrected chi connectivity index (χ3v) is 7.97. The predicted octanol–water partition coefficient (Wildman–Crippen LogP) is 4.43. The fourth-order valence-corrected chi connectivity index (χ4v) is 5.85. The molecule has 8 nitrogen and oxygen atoms in total. The van der Waals surface area contributed by atoms with Gasteiger partial charge < -0.3 is 19.7 Å². The average molecular weight is 510 g/mol. The summed E-state index contributed by atoms with van der Waals surface area (Å²) < 4.78 is 2.24. The van der Waals surface area contributed by atoms with Crippen LogP contribution in [0.2, 0.25) is 0 Å². The molecule has 196 valence electrons. The van der Waals surface area contributed by atoms with E-state index in [9.17, 15) is 4.79 Å². The number of likely N-dealkylation sites (tertiary alicyclic amines) is 1. The number of nitrogens with one attached hydrogen (secondary N) is 1. The standard InChI is InChI=1S/C30H35N7O/c1-30(2)34-25-10-4-3-9-24(25)29(38)37(30)19-18-35-16-12-22(13-17-35)20-27-33-26-11-7-15-32-28(26)36(27)21-23-8-5-6-14-31-23/h3-11,14-15,22,34H,12-13,16-21H2,1-2H3. The number of aromatic nitrogens is 4. The number of fused-ring (bicyclic) bond motifs is 2. The molecular weight excluding hydrogens is 474 g/mol. The van der Waals surface area contributed by atoms with Gasteiger partial charge in [0, 0.05) is 37.6 Å². The zero-order valence-electron chi connectivity index (χ0n) is 22.2. The van der Waals surface area contributed by atoms with Crippen LogP contribution in [0.25, 0.3) is 11.2 Å². The molecule has 1 amide bonds. The predicted molar refractivity (Wildman–Crippen MR) is 149 cm³/mol. The Morgan fingerprint density at radius 3 is 2.55 bits per heavy atom. The fourth-order valence-electron chi connectivity index (χ4n) is 5.85. The molecular formula is C30H35N7O. The van der Waals surface area contributed by atoms with Gasteiger partial charge in [-0.15, -0.1) is 0 Å². The molecule has 2 aliphatic heterocycles. The van der Waals surface area contributed by atoms with Crippen molar-refractivity contribution in [2.45, 2.75) is 45.3 Å². The molecule has 0 spiro atoms. The molecule has 8 heteroatoms. The number of piperidine rings is 1.